The first kappa shape index (κ1) is 14.5. The maximum atomic E-state index is 5.71. The van der Waals surface area contributed by atoms with Gasteiger partial charge in [-0.1, -0.05) is 45.9 Å². The highest BCUT2D eigenvalue weighted by molar-refractivity contribution is 6.17. The number of aryl methyl sites for hydroxylation is 1. The lowest BCUT2D eigenvalue weighted by Crippen LogP contribution is -2.33. The van der Waals surface area contributed by atoms with E-state index in [2.05, 4.69) is 58.1 Å². The highest BCUT2D eigenvalue weighted by Crippen LogP contribution is 2.28. The summed E-state index contributed by atoms with van der Waals surface area (Å²) < 4.78 is 0. The first-order valence-electron chi connectivity index (χ1n) is 6.26. The summed E-state index contributed by atoms with van der Waals surface area (Å²) >= 11 is 5.71. The van der Waals surface area contributed by atoms with Crippen molar-refractivity contribution in [2.75, 3.05) is 12.5 Å². The van der Waals surface area contributed by atoms with E-state index in [4.69, 9.17) is 11.6 Å². The Balaban J connectivity index is 3.06. The van der Waals surface area contributed by atoms with Gasteiger partial charge in [-0.2, -0.15) is 0 Å². The second-order valence-electron chi connectivity index (χ2n) is 5.67. The largest absolute Gasteiger partial charge is 0.303 e. The number of rotatable bonds is 5. The third-order valence-corrected chi connectivity index (χ3v) is 3.51. The van der Waals surface area contributed by atoms with Crippen LogP contribution in [0.2, 0.25) is 0 Å². The van der Waals surface area contributed by atoms with Gasteiger partial charge in [-0.3, -0.25) is 0 Å². The van der Waals surface area contributed by atoms with Crippen molar-refractivity contribution >= 4 is 11.6 Å². The first-order chi connectivity index (χ1) is 7.88. The topological polar surface area (TPSA) is 12.0 Å². The van der Waals surface area contributed by atoms with E-state index in [1.165, 1.54) is 16.7 Å². The molecule has 1 nitrogen and oxygen atoms in total. The summed E-state index contributed by atoms with van der Waals surface area (Å²) in [5, 5.41) is 3.23. The molecule has 0 amide bonds. The van der Waals surface area contributed by atoms with Gasteiger partial charge in [0.15, 0.2) is 0 Å². The molecule has 1 rings (SSSR count). The fourth-order valence-electron chi connectivity index (χ4n) is 2.18. The average molecular weight is 254 g/mol. The standard InChI is InChI=1S/C15H24ClN/c1-11(2)13-7-6-12(3)14(8-13)15(4,5)9-17-10-16/h6-8,11,17H,9-10H2,1-5H3. The Morgan fingerprint density at radius 2 is 1.94 bits per heavy atom. The van der Waals surface area contributed by atoms with Gasteiger partial charge in [0.1, 0.15) is 0 Å². The predicted molar refractivity (Wildman–Crippen MR) is 77.0 cm³/mol. The van der Waals surface area contributed by atoms with Crippen molar-refractivity contribution in [2.24, 2.45) is 0 Å². The third kappa shape index (κ3) is 3.72. The summed E-state index contributed by atoms with van der Waals surface area (Å²) in [4.78, 5) is 0. The number of hydrogen-bond acceptors (Lipinski definition) is 1. The van der Waals surface area contributed by atoms with Crippen LogP contribution in [0.15, 0.2) is 18.2 Å². The number of nitrogens with one attached hydrogen (secondary N) is 1. The molecule has 0 fully saturated rings. The van der Waals surface area contributed by atoms with Gasteiger partial charge >= 0.3 is 0 Å². The van der Waals surface area contributed by atoms with Crippen LogP contribution in [0.25, 0.3) is 0 Å². The number of hydrogen-bond donors (Lipinski definition) is 1. The molecule has 0 heterocycles. The van der Waals surface area contributed by atoms with Crippen molar-refractivity contribution < 1.29 is 0 Å². The Bertz CT molecular complexity index is 369. The van der Waals surface area contributed by atoms with Crippen LogP contribution in [0.4, 0.5) is 0 Å². The van der Waals surface area contributed by atoms with E-state index in [1.54, 1.807) is 0 Å². The molecule has 2 heteroatoms. The molecule has 17 heavy (non-hydrogen) atoms. The quantitative estimate of drug-likeness (QED) is 0.613. The van der Waals surface area contributed by atoms with Gasteiger partial charge in [0.25, 0.3) is 0 Å². The minimum absolute atomic E-state index is 0.115. The van der Waals surface area contributed by atoms with Gasteiger partial charge in [-0.15, -0.1) is 11.6 Å². The third-order valence-electron chi connectivity index (χ3n) is 3.32. The van der Waals surface area contributed by atoms with Crippen LogP contribution in [0.1, 0.15) is 50.3 Å². The second kappa shape index (κ2) is 5.88. The molecule has 0 saturated carbocycles. The maximum absolute atomic E-state index is 5.71. The normalized spacial score (nSPS) is 12.2. The lowest BCUT2D eigenvalue weighted by atomic mass is 9.80. The summed E-state index contributed by atoms with van der Waals surface area (Å²) in [5.74, 6) is 0.575. The van der Waals surface area contributed by atoms with Crippen LogP contribution in [0, 0.1) is 6.92 Å². The molecule has 0 saturated heterocycles. The van der Waals surface area contributed by atoms with E-state index < -0.39 is 0 Å². The molecule has 0 atom stereocenters. The molecule has 0 bridgehead atoms. The highest BCUT2D eigenvalue weighted by atomic mass is 35.5. The molecule has 1 aromatic carbocycles. The summed E-state index contributed by atoms with van der Waals surface area (Å²) in [6.45, 7) is 12.1. The lowest BCUT2D eigenvalue weighted by Gasteiger charge is -2.28. The number of benzene rings is 1. The van der Waals surface area contributed by atoms with E-state index in [0.717, 1.165) is 6.54 Å². The van der Waals surface area contributed by atoms with Crippen molar-refractivity contribution in [1.82, 2.24) is 5.32 Å². The minimum atomic E-state index is 0.115. The number of halogens is 1. The monoisotopic (exact) mass is 253 g/mol. The van der Waals surface area contributed by atoms with Crippen LogP contribution in [0.5, 0.6) is 0 Å². The Labute approximate surface area is 111 Å². The zero-order valence-electron chi connectivity index (χ0n) is 11.6. The second-order valence-corrected chi connectivity index (χ2v) is 5.94. The van der Waals surface area contributed by atoms with Gasteiger partial charge in [0.05, 0.1) is 6.00 Å². The highest BCUT2D eigenvalue weighted by Gasteiger charge is 2.22. The average Bonchev–Trinajstić information content (AvgIpc) is 2.26. The molecule has 96 valence electrons. The minimum Gasteiger partial charge on any atom is -0.303 e. The van der Waals surface area contributed by atoms with Crippen LogP contribution in [-0.4, -0.2) is 12.5 Å². The van der Waals surface area contributed by atoms with Crippen LogP contribution >= 0.6 is 11.6 Å². The van der Waals surface area contributed by atoms with E-state index in [0.29, 0.717) is 11.9 Å². The molecule has 0 aromatic heterocycles. The van der Waals surface area contributed by atoms with E-state index in [-0.39, 0.29) is 5.41 Å². The predicted octanol–water partition coefficient (Wildman–Crippen LogP) is 4.18. The van der Waals surface area contributed by atoms with Gasteiger partial charge in [0, 0.05) is 12.0 Å². The summed E-state index contributed by atoms with van der Waals surface area (Å²) in [6, 6.07) is 7.31. The maximum Gasteiger partial charge on any atom is 0.0713 e. The molecule has 0 aliphatic carbocycles. The number of alkyl halides is 1. The van der Waals surface area contributed by atoms with Crippen LogP contribution in [0.3, 0.4) is 0 Å². The Kier molecular flexibility index (Phi) is 5.03. The van der Waals surface area contributed by atoms with Crippen molar-refractivity contribution in [3.05, 3.63) is 34.9 Å². The Morgan fingerprint density at radius 3 is 2.47 bits per heavy atom. The zero-order valence-corrected chi connectivity index (χ0v) is 12.4. The molecule has 0 radical (unpaired) electrons. The van der Waals surface area contributed by atoms with Crippen molar-refractivity contribution in [1.29, 1.82) is 0 Å². The first-order valence-corrected chi connectivity index (χ1v) is 6.79. The molecule has 0 aliphatic rings. The lowest BCUT2D eigenvalue weighted by molar-refractivity contribution is 0.486. The van der Waals surface area contributed by atoms with Gasteiger partial charge in [-0.05, 0) is 29.5 Å². The Morgan fingerprint density at radius 1 is 1.29 bits per heavy atom. The van der Waals surface area contributed by atoms with E-state index in [9.17, 15) is 0 Å². The molecule has 0 spiro atoms. The van der Waals surface area contributed by atoms with Crippen molar-refractivity contribution in [2.45, 2.75) is 46.0 Å². The smallest absolute Gasteiger partial charge is 0.0713 e. The summed E-state index contributed by atoms with van der Waals surface area (Å²) in [7, 11) is 0. The summed E-state index contributed by atoms with van der Waals surface area (Å²) in [6.07, 6.45) is 0. The fraction of sp³-hybridized carbons (Fsp3) is 0.600. The molecule has 1 N–H and O–H groups in total. The molecule has 0 unspecified atom stereocenters. The van der Waals surface area contributed by atoms with Gasteiger partial charge in [0.2, 0.25) is 0 Å². The van der Waals surface area contributed by atoms with Crippen LogP contribution < -0.4 is 5.32 Å². The molecular weight excluding hydrogens is 230 g/mol. The van der Waals surface area contributed by atoms with Crippen molar-refractivity contribution in [3.63, 3.8) is 0 Å². The molecule has 0 aliphatic heterocycles. The molecular formula is C15H24ClN. The zero-order chi connectivity index (χ0) is 13.1. The fourth-order valence-corrected chi connectivity index (χ4v) is 2.28. The van der Waals surface area contributed by atoms with E-state index >= 15 is 0 Å². The molecule has 1 aromatic rings. The van der Waals surface area contributed by atoms with E-state index in [1.807, 2.05) is 0 Å². The SMILES string of the molecule is Cc1ccc(C(C)C)cc1C(C)(C)CNCCl. The van der Waals surface area contributed by atoms with Gasteiger partial charge < -0.3 is 5.32 Å². The van der Waals surface area contributed by atoms with Gasteiger partial charge in [-0.25, -0.2) is 0 Å². The van der Waals surface area contributed by atoms with Crippen molar-refractivity contribution in [3.8, 4) is 0 Å². The Hall–Kier alpha value is -0.530. The summed E-state index contributed by atoms with van der Waals surface area (Å²) in [5.41, 5.74) is 4.30. The van der Waals surface area contributed by atoms with Crippen LogP contribution in [-0.2, 0) is 5.41 Å².